The molecule has 1 aromatic rings. The fourth-order valence-electron chi connectivity index (χ4n) is 1.41. The second-order valence-corrected chi connectivity index (χ2v) is 3.66. The predicted molar refractivity (Wildman–Crippen MR) is 71.7 cm³/mol. The molecule has 1 rings (SSSR count). The van der Waals surface area contributed by atoms with E-state index in [1.807, 2.05) is 38.2 Å². The second kappa shape index (κ2) is 7.45. The zero-order chi connectivity index (χ0) is 13.4. The third-order valence-corrected chi connectivity index (χ3v) is 2.14. The van der Waals surface area contributed by atoms with Crippen LogP contribution >= 0.6 is 0 Å². The van der Waals surface area contributed by atoms with E-state index < -0.39 is 0 Å². The Labute approximate surface area is 107 Å². The maximum atomic E-state index is 11.3. The molecule has 0 atom stereocenters. The first kappa shape index (κ1) is 14.2. The Balaban J connectivity index is 2.72. The van der Waals surface area contributed by atoms with Gasteiger partial charge in [-0.1, -0.05) is 12.2 Å². The fraction of sp³-hybridized carbons (Fsp3) is 0.385. The van der Waals surface area contributed by atoms with Crippen molar-refractivity contribution in [3.63, 3.8) is 0 Å². The average Bonchev–Trinajstić information content (AvgIpc) is 2.71. The average molecular weight is 249 g/mol. The van der Waals surface area contributed by atoms with Crippen LogP contribution in [-0.4, -0.2) is 24.5 Å². The lowest BCUT2D eigenvalue weighted by Gasteiger charge is -2.00. The standard InChI is InChI=1S/C13H19N3O2/c1-4-6-10-11(7-5-2)18-13(16-10)9-15-12(17)8-14-3/h4-7,14H,8-9H2,1-3H3,(H,15,17)/b6-4-,7-5-. The van der Waals surface area contributed by atoms with Crippen molar-refractivity contribution in [2.75, 3.05) is 13.6 Å². The lowest BCUT2D eigenvalue weighted by Crippen LogP contribution is -2.31. The van der Waals surface area contributed by atoms with Crippen LogP contribution in [0, 0.1) is 0 Å². The number of amides is 1. The highest BCUT2D eigenvalue weighted by atomic mass is 16.4. The molecule has 0 bridgehead atoms. The Kier molecular flexibility index (Phi) is 5.87. The fourth-order valence-corrected chi connectivity index (χ4v) is 1.41. The number of hydrogen-bond donors (Lipinski definition) is 2. The number of rotatable bonds is 6. The zero-order valence-electron chi connectivity index (χ0n) is 11.0. The highest BCUT2D eigenvalue weighted by molar-refractivity contribution is 5.77. The van der Waals surface area contributed by atoms with Crippen LogP contribution in [-0.2, 0) is 11.3 Å². The van der Waals surface area contributed by atoms with Crippen LogP contribution < -0.4 is 10.6 Å². The zero-order valence-corrected chi connectivity index (χ0v) is 11.0. The summed E-state index contributed by atoms with van der Waals surface area (Å²) in [5, 5.41) is 5.49. The van der Waals surface area contributed by atoms with Gasteiger partial charge in [-0.25, -0.2) is 4.98 Å². The molecular weight excluding hydrogens is 230 g/mol. The molecule has 0 unspecified atom stereocenters. The van der Waals surface area contributed by atoms with Gasteiger partial charge >= 0.3 is 0 Å². The summed E-state index contributed by atoms with van der Waals surface area (Å²) in [4.78, 5) is 15.6. The molecule has 5 nitrogen and oxygen atoms in total. The summed E-state index contributed by atoms with van der Waals surface area (Å²) in [6.45, 7) is 4.41. The molecule has 0 aliphatic carbocycles. The molecule has 98 valence electrons. The van der Waals surface area contributed by atoms with Gasteiger partial charge in [-0.05, 0) is 33.0 Å². The highest BCUT2D eigenvalue weighted by Gasteiger charge is 2.09. The van der Waals surface area contributed by atoms with E-state index >= 15 is 0 Å². The van der Waals surface area contributed by atoms with Crippen LogP contribution in [0.2, 0.25) is 0 Å². The van der Waals surface area contributed by atoms with E-state index in [4.69, 9.17) is 4.42 Å². The summed E-state index contributed by atoms with van der Waals surface area (Å²) in [5.74, 6) is 1.12. The minimum Gasteiger partial charge on any atom is -0.439 e. The van der Waals surface area contributed by atoms with Crippen LogP contribution in [0.5, 0.6) is 0 Å². The Morgan fingerprint density at radius 1 is 1.33 bits per heavy atom. The van der Waals surface area contributed by atoms with Crippen LogP contribution in [0.3, 0.4) is 0 Å². The Hall–Kier alpha value is -1.88. The molecular formula is C13H19N3O2. The summed E-state index contributed by atoms with van der Waals surface area (Å²) in [6, 6.07) is 0. The molecule has 0 aromatic carbocycles. The molecule has 0 saturated carbocycles. The molecule has 1 heterocycles. The van der Waals surface area contributed by atoms with E-state index in [0.717, 1.165) is 5.69 Å². The SMILES string of the molecule is C/C=C\c1nc(CNC(=O)CNC)oc1/C=C\C. The van der Waals surface area contributed by atoms with E-state index in [1.54, 1.807) is 7.05 Å². The maximum Gasteiger partial charge on any atom is 0.234 e. The minimum atomic E-state index is -0.0872. The Morgan fingerprint density at radius 2 is 2.06 bits per heavy atom. The van der Waals surface area contributed by atoms with Gasteiger partial charge in [-0.2, -0.15) is 0 Å². The molecule has 0 spiro atoms. The van der Waals surface area contributed by atoms with E-state index in [2.05, 4.69) is 15.6 Å². The van der Waals surface area contributed by atoms with E-state index in [9.17, 15) is 4.79 Å². The molecule has 1 amide bonds. The van der Waals surface area contributed by atoms with E-state index in [1.165, 1.54) is 0 Å². The summed E-state index contributed by atoms with van der Waals surface area (Å²) in [5.41, 5.74) is 0.772. The summed E-state index contributed by atoms with van der Waals surface area (Å²) in [7, 11) is 1.72. The largest absolute Gasteiger partial charge is 0.439 e. The van der Waals surface area contributed by atoms with Crippen molar-refractivity contribution in [1.82, 2.24) is 15.6 Å². The number of nitrogens with one attached hydrogen (secondary N) is 2. The molecule has 2 N–H and O–H groups in total. The lowest BCUT2D eigenvalue weighted by atomic mass is 10.3. The second-order valence-electron chi connectivity index (χ2n) is 3.66. The molecule has 1 aromatic heterocycles. The van der Waals surface area contributed by atoms with Crippen LogP contribution in [0.4, 0.5) is 0 Å². The van der Waals surface area contributed by atoms with E-state index in [0.29, 0.717) is 18.2 Å². The number of aromatic nitrogens is 1. The molecule has 0 saturated heterocycles. The number of carbonyl (C=O) groups is 1. The molecule has 5 heteroatoms. The topological polar surface area (TPSA) is 67.2 Å². The van der Waals surface area contributed by atoms with Crippen molar-refractivity contribution in [3.8, 4) is 0 Å². The first-order valence-corrected chi connectivity index (χ1v) is 5.87. The first-order chi connectivity index (χ1) is 8.71. The lowest BCUT2D eigenvalue weighted by molar-refractivity contribution is -0.120. The Bertz CT molecular complexity index is 418. The smallest absolute Gasteiger partial charge is 0.234 e. The van der Waals surface area contributed by atoms with Crippen molar-refractivity contribution in [1.29, 1.82) is 0 Å². The maximum absolute atomic E-state index is 11.3. The van der Waals surface area contributed by atoms with Crippen molar-refractivity contribution in [2.24, 2.45) is 0 Å². The van der Waals surface area contributed by atoms with Crippen LogP contribution in [0.15, 0.2) is 16.6 Å². The number of oxazole rings is 1. The van der Waals surface area contributed by atoms with Crippen molar-refractivity contribution in [2.45, 2.75) is 20.4 Å². The number of carbonyl (C=O) groups excluding carboxylic acids is 1. The van der Waals surface area contributed by atoms with Crippen molar-refractivity contribution >= 4 is 18.1 Å². The van der Waals surface area contributed by atoms with Crippen molar-refractivity contribution < 1.29 is 9.21 Å². The van der Waals surface area contributed by atoms with Crippen LogP contribution in [0.1, 0.15) is 31.2 Å². The minimum absolute atomic E-state index is 0.0872. The van der Waals surface area contributed by atoms with Crippen molar-refractivity contribution in [3.05, 3.63) is 29.5 Å². The third kappa shape index (κ3) is 4.18. The van der Waals surface area contributed by atoms with Gasteiger partial charge in [0, 0.05) is 0 Å². The van der Waals surface area contributed by atoms with Gasteiger partial charge in [0.15, 0.2) is 5.76 Å². The Morgan fingerprint density at radius 3 is 2.67 bits per heavy atom. The van der Waals surface area contributed by atoms with Gasteiger partial charge in [0.1, 0.15) is 5.69 Å². The van der Waals surface area contributed by atoms with Gasteiger partial charge in [0.05, 0.1) is 13.1 Å². The van der Waals surface area contributed by atoms with Crippen LogP contribution in [0.25, 0.3) is 12.2 Å². The van der Waals surface area contributed by atoms with E-state index in [-0.39, 0.29) is 12.5 Å². The number of hydrogen-bond acceptors (Lipinski definition) is 4. The first-order valence-electron chi connectivity index (χ1n) is 5.87. The normalized spacial score (nSPS) is 11.5. The highest BCUT2D eigenvalue weighted by Crippen LogP contribution is 2.14. The number of likely N-dealkylation sites (N-methyl/N-ethyl adjacent to an activating group) is 1. The quantitative estimate of drug-likeness (QED) is 0.803. The summed E-state index contributed by atoms with van der Waals surface area (Å²) >= 11 is 0. The molecule has 0 aliphatic heterocycles. The molecule has 0 fully saturated rings. The van der Waals surface area contributed by atoms with Gasteiger partial charge in [0.25, 0.3) is 0 Å². The predicted octanol–water partition coefficient (Wildman–Crippen LogP) is 1.58. The van der Waals surface area contributed by atoms with Gasteiger partial charge in [-0.3, -0.25) is 4.79 Å². The van der Waals surface area contributed by atoms with Gasteiger partial charge in [0.2, 0.25) is 11.8 Å². The molecule has 0 aliphatic rings. The van der Waals surface area contributed by atoms with Gasteiger partial charge in [-0.15, -0.1) is 0 Å². The number of nitrogens with zero attached hydrogens (tertiary/aromatic N) is 1. The summed E-state index contributed by atoms with van der Waals surface area (Å²) < 4.78 is 5.55. The van der Waals surface area contributed by atoms with Gasteiger partial charge < -0.3 is 15.1 Å². The molecule has 0 radical (unpaired) electrons. The monoisotopic (exact) mass is 249 g/mol. The number of allylic oxidation sites excluding steroid dienone is 2. The third-order valence-electron chi connectivity index (χ3n) is 2.14. The molecule has 18 heavy (non-hydrogen) atoms. The summed E-state index contributed by atoms with van der Waals surface area (Å²) in [6.07, 6.45) is 7.50.